The zero-order chi connectivity index (χ0) is 13.6. The van der Waals surface area contributed by atoms with E-state index in [0.717, 1.165) is 0 Å². The van der Waals surface area contributed by atoms with Gasteiger partial charge in [0.1, 0.15) is 15.7 Å². The van der Waals surface area contributed by atoms with Crippen molar-refractivity contribution in [3.05, 3.63) is 44.8 Å². The number of carbonyl (C=O) groups is 1. The minimum atomic E-state index is -1.01. The number of thiophene rings is 1. The van der Waals surface area contributed by atoms with Crippen LogP contribution in [0.3, 0.4) is 0 Å². The van der Waals surface area contributed by atoms with Crippen LogP contribution in [-0.4, -0.2) is 20.5 Å². The predicted molar refractivity (Wildman–Crippen MR) is 75.5 cm³/mol. The first-order valence-corrected chi connectivity index (χ1v) is 6.80. The lowest BCUT2D eigenvalue weighted by atomic mass is 10.3. The van der Waals surface area contributed by atoms with Crippen LogP contribution in [0.15, 0.2) is 30.5 Å². The summed E-state index contributed by atoms with van der Waals surface area (Å²) in [5.41, 5.74) is 2.00. The molecule has 3 heterocycles. The average molecular weight is 313 g/mol. The summed E-state index contributed by atoms with van der Waals surface area (Å²) >= 11 is 13.2. The summed E-state index contributed by atoms with van der Waals surface area (Å²) < 4.78 is 2.61. The van der Waals surface area contributed by atoms with Crippen LogP contribution in [0.1, 0.15) is 10.5 Å². The summed E-state index contributed by atoms with van der Waals surface area (Å²) in [6, 6.07) is 6.62. The van der Waals surface area contributed by atoms with E-state index in [1.54, 1.807) is 24.4 Å². The van der Waals surface area contributed by atoms with Gasteiger partial charge in [-0.25, -0.2) is 9.78 Å². The molecule has 0 aliphatic carbocycles. The summed E-state index contributed by atoms with van der Waals surface area (Å²) in [6.45, 7) is 0. The molecule has 1 N–H and O–H groups in total. The standard InChI is InChI=1S/C12H6Cl2N2O2S/c13-9-4-6(11(14)19-9)7-5-16-8(12(17)18)2-1-3-10(16)15-7/h1-5H,(H,17,18). The fourth-order valence-corrected chi connectivity index (χ4v) is 3.31. The zero-order valence-electron chi connectivity index (χ0n) is 9.30. The number of aromatic nitrogens is 2. The summed E-state index contributed by atoms with van der Waals surface area (Å²) in [5.74, 6) is -1.01. The largest absolute Gasteiger partial charge is 0.477 e. The molecule has 0 aromatic carbocycles. The van der Waals surface area contributed by atoms with Crippen LogP contribution in [0.4, 0.5) is 0 Å². The first-order valence-electron chi connectivity index (χ1n) is 5.23. The number of imidazole rings is 1. The van der Waals surface area contributed by atoms with Crippen LogP contribution in [0.5, 0.6) is 0 Å². The number of fused-ring (bicyclic) bond motifs is 1. The molecular formula is C12H6Cl2N2O2S. The first kappa shape index (κ1) is 12.5. The maximum absolute atomic E-state index is 11.1. The minimum Gasteiger partial charge on any atom is -0.477 e. The second-order valence-corrected chi connectivity index (χ2v) is 6.09. The Labute approximate surface area is 121 Å². The zero-order valence-corrected chi connectivity index (χ0v) is 11.6. The fraction of sp³-hybridized carbons (Fsp3) is 0. The molecular weight excluding hydrogens is 307 g/mol. The van der Waals surface area contributed by atoms with Gasteiger partial charge >= 0.3 is 5.97 Å². The second kappa shape index (κ2) is 4.52. The van der Waals surface area contributed by atoms with E-state index in [9.17, 15) is 4.79 Å². The molecule has 0 aliphatic rings. The lowest BCUT2D eigenvalue weighted by Crippen LogP contribution is -2.03. The molecule has 0 radical (unpaired) electrons. The summed E-state index contributed by atoms with van der Waals surface area (Å²) in [4.78, 5) is 15.5. The van der Waals surface area contributed by atoms with Crippen LogP contribution in [0, 0.1) is 0 Å². The molecule has 0 bridgehead atoms. The molecule has 0 saturated heterocycles. The van der Waals surface area contributed by atoms with E-state index in [2.05, 4.69) is 4.98 Å². The van der Waals surface area contributed by atoms with Gasteiger partial charge < -0.3 is 5.11 Å². The van der Waals surface area contributed by atoms with E-state index in [-0.39, 0.29) is 5.69 Å². The molecule has 3 aromatic heterocycles. The lowest BCUT2D eigenvalue weighted by molar-refractivity contribution is 0.0689. The Bertz CT molecular complexity index is 794. The summed E-state index contributed by atoms with van der Waals surface area (Å²) in [7, 11) is 0. The normalized spacial score (nSPS) is 11.1. The highest BCUT2D eigenvalue weighted by Gasteiger charge is 2.14. The van der Waals surface area contributed by atoms with Gasteiger partial charge in [0.15, 0.2) is 0 Å². The van der Waals surface area contributed by atoms with Crippen LogP contribution >= 0.6 is 34.5 Å². The van der Waals surface area contributed by atoms with Crippen molar-refractivity contribution >= 4 is 46.2 Å². The Hall–Kier alpha value is -1.56. The van der Waals surface area contributed by atoms with Gasteiger partial charge in [-0.1, -0.05) is 29.3 Å². The van der Waals surface area contributed by atoms with Crippen LogP contribution in [0.2, 0.25) is 8.67 Å². The van der Waals surface area contributed by atoms with E-state index in [1.165, 1.54) is 21.8 Å². The van der Waals surface area contributed by atoms with Crippen molar-refractivity contribution in [2.24, 2.45) is 0 Å². The Morgan fingerprint density at radius 3 is 2.79 bits per heavy atom. The molecule has 3 aromatic rings. The van der Waals surface area contributed by atoms with Crippen molar-refractivity contribution in [1.29, 1.82) is 0 Å². The van der Waals surface area contributed by atoms with Crippen LogP contribution < -0.4 is 0 Å². The number of nitrogens with zero attached hydrogens (tertiary/aromatic N) is 2. The molecule has 0 amide bonds. The van der Waals surface area contributed by atoms with Crippen molar-refractivity contribution in [1.82, 2.24) is 9.38 Å². The average Bonchev–Trinajstić information content (AvgIpc) is 2.91. The Morgan fingerprint density at radius 2 is 2.16 bits per heavy atom. The molecule has 0 saturated carbocycles. The Balaban J connectivity index is 2.25. The van der Waals surface area contributed by atoms with Gasteiger partial charge in [0, 0.05) is 11.8 Å². The summed E-state index contributed by atoms with van der Waals surface area (Å²) in [5, 5.41) is 9.13. The quantitative estimate of drug-likeness (QED) is 0.776. The molecule has 0 aliphatic heterocycles. The molecule has 0 spiro atoms. The highest BCUT2D eigenvalue weighted by molar-refractivity contribution is 7.20. The van der Waals surface area contributed by atoms with Crippen molar-refractivity contribution in [3.8, 4) is 11.3 Å². The minimum absolute atomic E-state index is 0.147. The number of hydrogen-bond acceptors (Lipinski definition) is 3. The molecule has 7 heteroatoms. The third-order valence-electron chi connectivity index (χ3n) is 2.64. The van der Waals surface area contributed by atoms with Crippen molar-refractivity contribution < 1.29 is 9.90 Å². The SMILES string of the molecule is O=C(O)c1cccc2nc(-c3cc(Cl)sc3Cl)cn12. The topological polar surface area (TPSA) is 54.6 Å². The van der Waals surface area contributed by atoms with E-state index < -0.39 is 5.97 Å². The third-order valence-corrected chi connectivity index (χ3v) is 4.13. The van der Waals surface area contributed by atoms with E-state index >= 15 is 0 Å². The van der Waals surface area contributed by atoms with Gasteiger partial charge in [0.25, 0.3) is 0 Å². The Morgan fingerprint density at radius 1 is 1.37 bits per heavy atom. The van der Waals surface area contributed by atoms with Crippen molar-refractivity contribution in [2.45, 2.75) is 0 Å². The lowest BCUT2D eigenvalue weighted by Gasteiger charge is -1.97. The van der Waals surface area contributed by atoms with Gasteiger partial charge in [-0.05, 0) is 18.2 Å². The fourth-order valence-electron chi connectivity index (χ4n) is 1.83. The number of halogens is 2. The molecule has 19 heavy (non-hydrogen) atoms. The highest BCUT2D eigenvalue weighted by Crippen LogP contribution is 2.37. The second-order valence-electron chi connectivity index (χ2n) is 3.81. The van der Waals surface area contributed by atoms with Crippen LogP contribution in [0.25, 0.3) is 16.9 Å². The monoisotopic (exact) mass is 312 g/mol. The van der Waals surface area contributed by atoms with Gasteiger partial charge in [0.2, 0.25) is 0 Å². The molecule has 3 rings (SSSR count). The number of carboxylic acids is 1. The van der Waals surface area contributed by atoms with Crippen molar-refractivity contribution in [2.75, 3.05) is 0 Å². The number of hydrogen-bond donors (Lipinski definition) is 1. The van der Waals surface area contributed by atoms with Crippen molar-refractivity contribution in [3.63, 3.8) is 0 Å². The van der Waals surface area contributed by atoms with Gasteiger partial charge in [-0.2, -0.15) is 0 Å². The molecule has 0 atom stereocenters. The third kappa shape index (κ3) is 2.10. The van der Waals surface area contributed by atoms with Gasteiger partial charge in [-0.3, -0.25) is 4.40 Å². The number of rotatable bonds is 2. The first-order chi connectivity index (χ1) is 9.06. The molecule has 96 valence electrons. The van der Waals surface area contributed by atoms with Gasteiger partial charge in [0.05, 0.1) is 10.0 Å². The summed E-state index contributed by atoms with van der Waals surface area (Å²) in [6.07, 6.45) is 1.64. The van der Waals surface area contributed by atoms with Gasteiger partial charge in [-0.15, -0.1) is 11.3 Å². The van der Waals surface area contributed by atoms with E-state index in [4.69, 9.17) is 28.3 Å². The maximum Gasteiger partial charge on any atom is 0.352 e. The van der Waals surface area contributed by atoms with E-state index in [0.29, 0.717) is 25.6 Å². The van der Waals surface area contributed by atoms with Crippen LogP contribution in [-0.2, 0) is 0 Å². The Kier molecular flexibility index (Phi) is 2.97. The van der Waals surface area contributed by atoms with E-state index in [1.807, 2.05) is 0 Å². The highest BCUT2D eigenvalue weighted by atomic mass is 35.5. The molecule has 0 fully saturated rings. The molecule has 4 nitrogen and oxygen atoms in total. The number of carboxylic acid groups (broad SMARTS) is 1. The molecule has 0 unspecified atom stereocenters. The number of pyridine rings is 1. The smallest absolute Gasteiger partial charge is 0.352 e. The number of aromatic carboxylic acids is 1. The maximum atomic E-state index is 11.1. The predicted octanol–water partition coefficient (Wildman–Crippen LogP) is 4.07.